The number of nitriles is 1. The van der Waals surface area contributed by atoms with Crippen LogP contribution in [0.3, 0.4) is 0 Å². The zero-order valence-corrected chi connectivity index (χ0v) is 35.9. The number of hydrogen-bond acceptors (Lipinski definition) is 1. The van der Waals surface area contributed by atoms with E-state index in [0.717, 1.165) is 55.0 Å². The molecule has 3 nitrogen and oxygen atoms in total. The van der Waals surface area contributed by atoms with Gasteiger partial charge >= 0.3 is 0 Å². The molecule has 0 atom stereocenters. The quantitative estimate of drug-likeness (QED) is 0.176. The van der Waals surface area contributed by atoms with E-state index in [-0.39, 0.29) is 21.7 Å². The van der Waals surface area contributed by atoms with E-state index >= 15 is 8.78 Å². The van der Waals surface area contributed by atoms with Crippen molar-refractivity contribution < 1.29 is 8.78 Å². The zero-order chi connectivity index (χ0) is 41.9. The summed E-state index contributed by atoms with van der Waals surface area (Å²) >= 11 is 0. The van der Waals surface area contributed by atoms with Crippen molar-refractivity contribution in [3.05, 3.63) is 143 Å². The molecule has 0 aliphatic carbocycles. The third kappa shape index (κ3) is 6.38. The number of fused-ring (bicyclic) bond motifs is 6. The van der Waals surface area contributed by atoms with Crippen molar-refractivity contribution in [1.82, 2.24) is 9.13 Å². The van der Waals surface area contributed by atoms with Crippen LogP contribution >= 0.6 is 0 Å². The monoisotopic (exact) mass is 769 g/mol. The molecular formula is C53H53F2N3. The summed E-state index contributed by atoms with van der Waals surface area (Å²) in [6, 6.07) is 37.3. The lowest BCUT2D eigenvalue weighted by Gasteiger charge is -2.23. The Morgan fingerprint density at radius 3 is 1.16 bits per heavy atom. The SMILES string of the molecule is CC(C)(C)c1ccc2c(c1)c1ccc(C(C)(C)C)cc1n2-c1cccc(-n2c3ccc(C(C)(C)C)cc3c3ccc(C(C)(C)C)cc32)c1-c1cc(F)c(C#N)c(F)c1. The Morgan fingerprint density at radius 2 is 0.793 bits per heavy atom. The number of benzene rings is 6. The molecule has 0 bridgehead atoms. The highest BCUT2D eigenvalue weighted by atomic mass is 19.1. The van der Waals surface area contributed by atoms with Gasteiger partial charge in [0, 0.05) is 27.1 Å². The van der Waals surface area contributed by atoms with Crippen LogP contribution in [0.5, 0.6) is 0 Å². The lowest BCUT2D eigenvalue weighted by Crippen LogP contribution is -2.11. The molecule has 58 heavy (non-hydrogen) atoms. The Kier molecular flexibility index (Phi) is 8.87. The van der Waals surface area contributed by atoms with Crippen LogP contribution < -0.4 is 0 Å². The average Bonchev–Trinajstić information content (AvgIpc) is 3.64. The Balaban J connectivity index is 1.58. The van der Waals surface area contributed by atoms with Crippen molar-refractivity contribution in [3.8, 4) is 28.6 Å². The van der Waals surface area contributed by atoms with Crippen molar-refractivity contribution in [1.29, 1.82) is 5.26 Å². The maximum absolute atomic E-state index is 16.0. The lowest BCUT2D eigenvalue weighted by atomic mass is 9.85. The standard InChI is InChI=1S/C53H53F2N3/c1-50(2,3)32-18-22-43-38(26-32)36-20-16-34(52(7,8)9)28-47(36)57(43)45-14-13-15-46(49(45)31-24-41(54)40(30-56)42(55)25-31)58-44-23-19-33(51(4,5)6)27-39(44)37-21-17-35(29-48(37)58)53(10,11)12/h13-29H,1-12H3. The molecule has 0 saturated carbocycles. The summed E-state index contributed by atoms with van der Waals surface area (Å²) in [7, 11) is 0. The predicted octanol–water partition coefficient (Wildman–Crippen LogP) is 14.9. The first-order valence-corrected chi connectivity index (χ1v) is 20.3. The lowest BCUT2D eigenvalue weighted by molar-refractivity contribution is 0.577. The fourth-order valence-electron chi connectivity index (χ4n) is 8.45. The second-order valence-corrected chi connectivity index (χ2v) is 20.2. The number of halogens is 2. The summed E-state index contributed by atoms with van der Waals surface area (Å²) in [5.74, 6) is -1.78. The summed E-state index contributed by atoms with van der Waals surface area (Å²) in [4.78, 5) is 0. The first kappa shape index (κ1) is 39.1. The van der Waals surface area contributed by atoms with Gasteiger partial charge in [0.05, 0.1) is 33.4 Å². The Hall–Kier alpha value is -5.73. The fraction of sp³-hybridized carbons (Fsp3) is 0.302. The average molecular weight is 770 g/mol. The number of aromatic nitrogens is 2. The van der Waals surface area contributed by atoms with Crippen LogP contribution in [-0.2, 0) is 21.7 Å². The maximum atomic E-state index is 16.0. The Bertz CT molecular complexity index is 2820. The van der Waals surface area contributed by atoms with Crippen LogP contribution in [0.2, 0.25) is 0 Å². The van der Waals surface area contributed by atoms with E-state index in [1.807, 2.05) is 6.07 Å². The van der Waals surface area contributed by atoms with Crippen molar-refractivity contribution in [2.75, 3.05) is 0 Å². The predicted molar refractivity (Wildman–Crippen MR) is 240 cm³/mol. The van der Waals surface area contributed by atoms with Crippen molar-refractivity contribution in [2.24, 2.45) is 0 Å². The van der Waals surface area contributed by atoms with E-state index in [2.05, 4.69) is 177 Å². The number of hydrogen-bond donors (Lipinski definition) is 0. The first-order valence-electron chi connectivity index (χ1n) is 20.3. The molecule has 5 heteroatoms. The van der Waals surface area contributed by atoms with Gasteiger partial charge in [-0.15, -0.1) is 0 Å². The van der Waals surface area contributed by atoms with Gasteiger partial charge in [-0.25, -0.2) is 8.78 Å². The minimum Gasteiger partial charge on any atom is -0.309 e. The minimum absolute atomic E-state index is 0.0775. The molecule has 0 saturated heterocycles. The van der Waals surface area contributed by atoms with E-state index in [4.69, 9.17) is 0 Å². The van der Waals surface area contributed by atoms with Gasteiger partial charge < -0.3 is 9.13 Å². The Labute approximate surface area is 341 Å². The summed E-state index contributed by atoms with van der Waals surface area (Å²) in [5.41, 5.74) is 10.4. The number of rotatable bonds is 3. The molecule has 294 valence electrons. The largest absolute Gasteiger partial charge is 0.309 e. The fourth-order valence-corrected chi connectivity index (χ4v) is 8.45. The molecule has 0 unspecified atom stereocenters. The molecule has 0 aliphatic heterocycles. The van der Waals surface area contributed by atoms with E-state index < -0.39 is 17.2 Å². The molecule has 2 aromatic heterocycles. The third-order valence-corrected chi connectivity index (χ3v) is 11.9. The molecule has 0 radical (unpaired) electrons. The highest BCUT2D eigenvalue weighted by Crippen LogP contribution is 2.45. The van der Waals surface area contributed by atoms with Crippen LogP contribution in [0.1, 0.15) is 111 Å². The summed E-state index contributed by atoms with van der Waals surface area (Å²) < 4.78 is 36.5. The first-order chi connectivity index (χ1) is 27.1. The highest BCUT2D eigenvalue weighted by molar-refractivity contribution is 6.12. The summed E-state index contributed by atoms with van der Waals surface area (Å²) in [5, 5.41) is 14.2. The van der Waals surface area contributed by atoms with E-state index in [0.29, 0.717) is 11.1 Å². The molecule has 0 N–H and O–H groups in total. The van der Waals surface area contributed by atoms with Gasteiger partial charge in [0.2, 0.25) is 0 Å². The van der Waals surface area contributed by atoms with Gasteiger partial charge in [-0.1, -0.05) is 126 Å². The highest BCUT2D eigenvalue weighted by Gasteiger charge is 2.27. The third-order valence-electron chi connectivity index (χ3n) is 11.9. The Morgan fingerprint density at radius 1 is 0.431 bits per heavy atom. The van der Waals surface area contributed by atoms with Gasteiger partial charge in [-0.3, -0.25) is 0 Å². The molecular weight excluding hydrogens is 717 g/mol. The van der Waals surface area contributed by atoms with E-state index in [1.165, 1.54) is 34.4 Å². The molecule has 6 aromatic carbocycles. The van der Waals surface area contributed by atoms with Crippen molar-refractivity contribution >= 4 is 43.6 Å². The van der Waals surface area contributed by atoms with Gasteiger partial charge in [-0.2, -0.15) is 5.26 Å². The van der Waals surface area contributed by atoms with Gasteiger partial charge in [0.15, 0.2) is 0 Å². The molecule has 0 spiro atoms. The van der Waals surface area contributed by atoms with Crippen molar-refractivity contribution in [3.63, 3.8) is 0 Å². The molecule has 0 fully saturated rings. The second-order valence-electron chi connectivity index (χ2n) is 20.2. The van der Waals surface area contributed by atoms with Crippen LogP contribution in [-0.4, -0.2) is 9.13 Å². The normalized spacial score (nSPS) is 13.0. The maximum Gasteiger partial charge on any atom is 0.144 e. The van der Waals surface area contributed by atoms with E-state index in [9.17, 15) is 5.26 Å². The second kappa shape index (κ2) is 13.1. The van der Waals surface area contributed by atoms with Crippen molar-refractivity contribution in [2.45, 2.75) is 105 Å². The minimum atomic E-state index is -0.891. The van der Waals surface area contributed by atoms with Gasteiger partial charge in [0.1, 0.15) is 23.3 Å². The molecule has 2 heterocycles. The van der Waals surface area contributed by atoms with E-state index in [1.54, 1.807) is 6.07 Å². The van der Waals surface area contributed by atoms with Gasteiger partial charge in [-0.05, 0) is 110 Å². The van der Waals surface area contributed by atoms with Crippen LogP contribution in [0, 0.1) is 23.0 Å². The molecule has 8 rings (SSSR count). The van der Waals surface area contributed by atoms with Crippen LogP contribution in [0.15, 0.2) is 103 Å². The summed E-state index contributed by atoms with van der Waals surface area (Å²) in [6.45, 7) is 26.6. The van der Waals surface area contributed by atoms with Crippen LogP contribution in [0.4, 0.5) is 8.78 Å². The van der Waals surface area contributed by atoms with Crippen LogP contribution in [0.25, 0.3) is 66.1 Å². The molecule has 0 amide bonds. The van der Waals surface area contributed by atoms with Gasteiger partial charge in [0.25, 0.3) is 0 Å². The molecule has 8 aromatic rings. The summed E-state index contributed by atoms with van der Waals surface area (Å²) in [6.07, 6.45) is 0. The zero-order valence-electron chi connectivity index (χ0n) is 35.9. The topological polar surface area (TPSA) is 33.6 Å². The molecule has 0 aliphatic rings. The smallest absolute Gasteiger partial charge is 0.144 e. The number of nitrogens with zero attached hydrogens (tertiary/aromatic N) is 3.